The summed E-state index contributed by atoms with van der Waals surface area (Å²) in [5.74, 6) is -0.153. The van der Waals surface area contributed by atoms with Crippen molar-refractivity contribution < 1.29 is 4.79 Å². The number of hydrogen-bond donors (Lipinski definition) is 2. The van der Waals surface area contributed by atoms with Gasteiger partial charge in [-0.05, 0) is 68.6 Å². The highest BCUT2D eigenvalue weighted by Gasteiger charge is 2.14. The van der Waals surface area contributed by atoms with Gasteiger partial charge in [0.15, 0.2) is 0 Å². The van der Waals surface area contributed by atoms with Crippen LogP contribution in [0, 0.1) is 6.92 Å². The maximum atomic E-state index is 12.4. The molecule has 0 spiro atoms. The second-order valence-electron chi connectivity index (χ2n) is 4.35. The van der Waals surface area contributed by atoms with E-state index in [1.165, 1.54) is 0 Å². The molecule has 104 valence electrons. The van der Waals surface area contributed by atoms with Crippen LogP contribution in [-0.4, -0.2) is 13.0 Å². The van der Waals surface area contributed by atoms with Crippen LogP contribution >= 0.6 is 31.9 Å². The molecule has 2 rings (SSSR count). The van der Waals surface area contributed by atoms with Crippen molar-refractivity contribution in [3.63, 3.8) is 0 Å². The molecule has 2 aromatic rings. The Labute approximate surface area is 135 Å². The number of rotatable bonds is 3. The number of aryl methyl sites for hydroxylation is 1. The fraction of sp³-hybridized carbons (Fsp3) is 0.133. The zero-order chi connectivity index (χ0) is 14.7. The maximum Gasteiger partial charge on any atom is 0.257 e. The van der Waals surface area contributed by atoms with Gasteiger partial charge in [0.2, 0.25) is 0 Å². The lowest BCUT2D eigenvalue weighted by Crippen LogP contribution is -2.14. The minimum Gasteiger partial charge on any atom is -0.387 e. The van der Waals surface area contributed by atoms with Crippen LogP contribution < -0.4 is 10.6 Å². The molecule has 5 heteroatoms. The number of halogens is 2. The molecule has 0 aliphatic carbocycles. The highest BCUT2D eigenvalue weighted by molar-refractivity contribution is 9.11. The Morgan fingerprint density at radius 3 is 2.30 bits per heavy atom. The van der Waals surface area contributed by atoms with Gasteiger partial charge in [-0.3, -0.25) is 4.79 Å². The van der Waals surface area contributed by atoms with Crippen LogP contribution in [0.2, 0.25) is 0 Å². The molecule has 3 nitrogen and oxygen atoms in total. The second-order valence-corrected chi connectivity index (χ2v) is 6.06. The minimum atomic E-state index is -0.153. The number of nitrogens with one attached hydrogen (secondary N) is 2. The van der Waals surface area contributed by atoms with Crippen LogP contribution in [0.4, 0.5) is 11.4 Å². The van der Waals surface area contributed by atoms with E-state index in [1.807, 2.05) is 37.3 Å². The smallest absolute Gasteiger partial charge is 0.257 e. The number of hydrogen-bond acceptors (Lipinski definition) is 2. The largest absolute Gasteiger partial charge is 0.387 e. The number of carbonyl (C=O) groups is 1. The molecular weight excluding hydrogens is 384 g/mol. The van der Waals surface area contributed by atoms with Gasteiger partial charge in [0.25, 0.3) is 5.91 Å². The van der Waals surface area contributed by atoms with Crippen molar-refractivity contribution in [1.82, 2.24) is 0 Å². The predicted octanol–water partition coefficient (Wildman–Crippen LogP) is 4.81. The molecule has 0 aliphatic heterocycles. The molecule has 0 aromatic heterocycles. The minimum absolute atomic E-state index is 0.153. The number of benzene rings is 2. The molecule has 0 radical (unpaired) electrons. The average Bonchev–Trinajstić information content (AvgIpc) is 2.42. The van der Waals surface area contributed by atoms with Gasteiger partial charge < -0.3 is 10.6 Å². The van der Waals surface area contributed by atoms with Gasteiger partial charge in [0.1, 0.15) is 0 Å². The second kappa shape index (κ2) is 6.41. The topological polar surface area (TPSA) is 41.1 Å². The SMILES string of the molecule is CNc1ccccc1C(=O)Nc1c(Br)cc(C)cc1Br. The third-order valence-electron chi connectivity index (χ3n) is 2.87. The molecule has 0 heterocycles. The van der Waals surface area contributed by atoms with Crippen molar-refractivity contribution >= 4 is 49.1 Å². The highest BCUT2D eigenvalue weighted by Crippen LogP contribution is 2.33. The summed E-state index contributed by atoms with van der Waals surface area (Å²) in [7, 11) is 1.80. The van der Waals surface area contributed by atoms with Crippen LogP contribution in [0.5, 0.6) is 0 Å². The molecule has 2 aromatic carbocycles. The van der Waals surface area contributed by atoms with Crippen LogP contribution in [-0.2, 0) is 0 Å². The highest BCUT2D eigenvalue weighted by atomic mass is 79.9. The zero-order valence-electron chi connectivity index (χ0n) is 11.1. The van der Waals surface area contributed by atoms with Crippen molar-refractivity contribution in [2.24, 2.45) is 0 Å². The van der Waals surface area contributed by atoms with Crippen molar-refractivity contribution in [3.8, 4) is 0 Å². The van der Waals surface area contributed by atoms with Crippen molar-refractivity contribution in [2.75, 3.05) is 17.7 Å². The zero-order valence-corrected chi connectivity index (χ0v) is 14.3. The van der Waals surface area contributed by atoms with Gasteiger partial charge in [0.05, 0.1) is 11.3 Å². The first-order chi connectivity index (χ1) is 9.52. The van der Waals surface area contributed by atoms with E-state index in [9.17, 15) is 4.79 Å². The normalized spacial score (nSPS) is 10.2. The van der Waals surface area contributed by atoms with E-state index in [0.29, 0.717) is 5.56 Å². The fourth-order valence-electron chi connectivity index (χ4n) is 1.90. The summed E-state index contributed by atoms with van der Waals surface area (Å²) < 4.78 is 1.69. The van der Waals surface area contributed by atoms with Gasteiger partial charge in [0, 0.05) is 21.7 Å². The Bertz CT molecular complexity index is 633. The Hall–Kier alpha value is -1.33. The Kier molecular flexibility index (Phi) is 4.83. The Morgan fingerprint density at radius 2 is 1.70 bits per heavy atom. The van der Waals surface area contributed by atoms with Gasteiger partial charge in [-0.15, -0.1) is 0 Å². The van der Waals surface area contributed by atoms with E-state index < -0.39 is 0 Å². The Morgan fingerprint density at radius 1 is 1.10 bits per heavy atom. The molecular formula is C15H14Br2N2O. The third kappa shape index (κ3) is 3.22. The summed E-state index contributed by atoms with van der Waals surface area (Å²) in [6, 6.07) is 11.3. The lowest BCUT2D eigenvalue weighted by atomic mass is 10.1. The van der Waals surface area contributed by atoms with Crippen LogP contribution in [0.25, 0.3) is 0 Å². The molecule has 1 amide bonds. The first-order valence-corrected chi connectivity index (χ1v) is 7.65. The van der Waals surface area contributed by atoms with Crippen molar-refractivity contribution in [2.45, 2.75) is 6.92 Å². The molecule has 0 saturated carbocycles. The fourth-order valence-corrected chi connectivity index (χ4v) is 3.51. The first-order valence-electron chi connectivity index (χ1n) is 6.06. The lowest BCUT2D eigenvalue weighted by Gasteiger charge is -2.13. The third-order valence-corrected chi connectivity index (χ3v) is 4.12. The summed E-state index contributed by atoms with van der Waals surface area (Å²) in [6.07, 6.45) is 0. The summed E-state index contributed by atoms with van der Waals surface area (Å²) in [5, 5.41) is 5.94. The number of carbonyl (C=O) groups excluding carboxylic acids is 1. The molecule has 20 heavy (non-hydrogen) atoms. The van der Waals surface area contributed by atoms with E-state index >= 15 is 0 Å². The van der Waals surface area contributed by atoms with E-state index in [0.717, 1.165) is 25.9 Å². The van der Waals surface area contributed by atoms with Crippen molar-refractivity contribution in [3.05, 3.63) is 56.5 Å². The Balaban J connectivity index is 2.33. The van der Waals surface area contributed by atoms with Gasteiger partial charge in [-0.25, -0.2) is 0 Å². The summed E-state index contributed by atoms with van der Waals surface area (Å²) >= 11 is 6.95. The quantitative estimate of drug-likeness (QED) is 0.779. The van der Waals surface area contributed by atoms with Gasteiger partial charge in [-0.1, -0.05) is 12.1 Å². The molecule has 0 bridgehead atoms. The van der Waals surface area contributed by atoms with Crippen LogP contribution in [0.1, 0.15) is 15.9 Å². The predicted molar refractivity (Wildman–Crippen MR) is 90.5 cm³/mol. The maximum absolute atomic E-state index is 12.4. The molecule has 2 N–H and O–H groups in total. The summed E-state index contributed by atoms with van der Waals surface area (Å²) in [4.78, 5) is 12.4. The van der Waals surface area contributed by atoms with E-state index in [-0.39, 0.29) is 5.91 Å². The standard InChI is InChI=1S/C15H14Br2N2O/c1-9-7-11(16)14(12(17)8-9)19-15(20)10-5-3-4-6-13(10)18-2/h3-8,18H,1-2H3,(H,19,20). The van der Waals surface area contributed by atoms with Gasteiger partial charge >= 0.3 is 0 Å². The molecule has 0 saturated heterocycles. The van der Waals surface area contributed by atoms with E-state index in [4.69, 9.17) is 0 Å². The monoisotopic (exact) mass is 396 g/mol. The average molecular weight is 398 g/mol. The first kappa shape index (κ1) is 15.1. The van der Waals surface area contributed by atoms with Crippen molar-refractivity contribution in [1.29, 1.82) is 0 Å². The van der Waals surface area contributed by atoms with Gasteiger partial charge in [-0.2, -0.15) is 0 Å². The summed E-state index contributed by atoms with van der Waals surface area (Å²) in [5.41, 5.74) is 3.24. The number of amides is 1. The molecule has 0 aliphatic rings. The molecule has 0 unspecified atom stereocenters. The van der Waals surface area contributed by atoms with E-state index in [1.54, 1.807) is 13.1 Å². The summed E-state index contributed by atoms with van der Waals surface area (Å²) in [6.45, 7) is 2.00. The van der Waals surface area contributed by atoms with Crippen LogP contribution in [0.15, 0.2) is 45.3 Å². The van der Waals surface area contributed by atoms with Crippen LogP contribution in [0.3, 0.4) is 0 Å². The molecule has 0 atom stereocenters. The number of anilines is 2. The molecule has 0 fully saturated rings. The number of para-hydroxylation sites is 1. The lowest BCUT2D eigenvalue weighted by molar-refractivity contribution is 0.102. The van der Waals surface area contributed by atoms with E-state index in [2.05, 4.69) is 42.5 Å².